The van der Waals surface area contributed by atoms with Crippen molar-refractivity contribution in [3.63, 3.8) is 0 Å². The van der Waals surface area contributed by atoms with E-state index in [9.17, 15) is 10.1 Å². The molecule has 5 nitrogen and oxygen atoms in total. The number of hydrogen-bond acceptors (Lipinski definition) is 4. The first-order valence-electron chi connectivity index (χ1n) is 7.17. The van der Waals surface area contributed by atoms with Crippen molar-refractivity contribution >= 4 is 5.69 Å². The number of rotatable bonds is 8. The van der Waals surface area contributed by atoms with Crippen molar-refractivity contribution in [2.75, 3.05) is 20.3 Å². The van der Waals surface area contributed by atoms with E-state index < -0.39 is 0 Å². The van der Waals surface area contributed by atoms with Crippen molar-refractivity contribution in [3.8, 4) is 0 Å². The quantitative estimate of drug-likeness (QED) is 0.555. The zero-order chi connectivity index (χ0) is 15.8. The lowest BCUT2D eigenvalue weighted by Gasteiger charge is -2.22. The fraction of sp³-hybridized carbons (Fsp3) is 0.294. The number of benzene rings is 2. The number of nitrogens with zero attached hydrogens (tertiary/aromatic N) is 2. The summed E-state index contributed by atoms with van der Waals surface area (Å²) in [6.45, 7) is 2.84. The summed E-state index contributed by atoms with van der Waals surface area (Å²) >= 11 is 0. The lowest BCUT2D eigenvalue weighted by Crippen LogP contribution is -2.26. The normalized spacial score (nSPS) is 10.8. The van der Waals surface area contributed by atoms with Crippen LogP contribution in [0.4, 0.5) is 5.69 Å². The van der Waals surface area contributed by atoms with Gasteiger partial charge in [0.2, 0.25) is 0 Å². The predicted molar refractivity (Wildman–Crippen MR) is 85.5 cm³/mol. The van der Waals surface area contributed by atoms with E-state index in [-0.39, 0.29) is 10.6 Å². The van der Waals surface area contributed by atoms with E-state index in [1.54, 1.807) is 19.2 Å². The van der Waals surface area contributed by atoms with Gasteiger partial charge in [0.1, 0.15) is 0 Å². The van der Waals surface area contributed by atoms with Gasteiger partial charge in [-0.2, -0.15) is 0 Å². The van der Waals surface area contributed by atoms with E-state index >= 15 is 0 Å². The van der Waals surface area contributed by atoms with E-state index in [1.807, 2.05) is 24.3 Å². The minimum absolute atomic E-state index is 0.129. The number of non-ortho nitro benzene ring substituents is 1. The first-order valence-corrected chi connectivity index (χ1v) is 7.17. The van der Waals surface area contributed by atoms with Crippen LogP contribution in [-0.4, -0.2) is 30.1 Å². The number of ether oxygens (including phenoxy) is 1. The molecule has 22 heavy (non-hydrogen) atoms. The van der Waals surface area contributed by atoms with Crippen molar-refractivity contribution in [1.82, 2.24) is 4.90 Å². The fourth-order valence-electron chi connectivity index (χ4n) is 2.30. The van der Waals surface area contributed by atoms with Crippen molar-refractivity contribution < 1.29 is 9.66 Å². The van der Waals surface area contributed by atoms with Gasteiger partial charge in [-0.3, -0.25) is 15.0 Å². The van der Waals surface area contributed by atoms with Gasteiger partial charge in [0.05, 0.1) is 11.5 Å². The van der Waals surface area contributed by atoms with Crippen LogP contribution in [0.15, 0.2) is 54.6 Å². The zero-order valence-electron chi connectivity index (χ0n) is 12.6. The van der Waals surface area contributed by atoms with Crippen molar-refractivity contribution in [3.05, 3.63) is 75.8 Å². The molecule has 0 radical (unpaired) electrons. The molecule has 116 valence electrons. The third-order valence-electron chi connectivity index (χ3n) is 3.39. The molecule has 0 fully saturated rings. The smallest absolute Gasteiger partial charge is 0.269 e. The standard InChI is InChI=1S/C17H20N2O3/c1-22-11-10-18(13-15-6-3-2-4-7-15)14-16-8-5-9-17(12-16)19(20)21/h2-9,12H,10-11,13-14H2,1H3. The highest BCUT2D eigenvalue weighted by atomic mass is 16.6. The van der Waals surface area contributed by atoms with E-state index in [0.717, 1.165) is 18.7 Å². The molecule has 0 aromatic heterocycles. The monoisotopic (exact) mass is 300 g/mol. The molecule has 2 aromatic carbocycles. The van der Waals surface area contributed by atoms with Crippen LogP contribution in [-0.2, 0) is 17.8 Å². The van der Waals surface area contributed by atoms with Crippen LogP contribution in [0, 0.1) is 10.1 Å². The average molecular weight is 300 g/mol. The van der Waals surface area contributed by atoms with Crippen molar-refractivity contribution in [1.29, 1.82) is 0 Å². The number of hydrogen-bond donors (Lipinski definition) is 0. The van der Waals surface area contributed by atoms with Crippen molar-refractivity contribution in [2.24, 2.45) is 0 Å². The van der Waals surface area contributed by atoms with E-state index in [2.05, 4.69) is 17.0 Å². The zero-order valence-corrected chi connectivity index (χ0v) is 12.6. The maximum atomic E-state index is 10.9. The predicted octanol–water partition coefficient (Wildman–Crippen LogP) is 3.24. The van der Waals surface area contributed by atoms with Gasteiger partial charge < -0.3 is 4.74 Å². The lowest BCUT2D eigenvalue weighted by atomic mass is 10.1. The lowest BCUT2D eigenvalue weighted by molar-refractivity contribution is -0.384. The summed E-state index contributed by atoms with van der Waals surface area (Å²) in [6.07, 6.45) is 0. The maximum Gasteiger partial charge on any atom is 0.269 e. The van der Waals surface area contributed by atoms with Gasteiger partial charge in [-0.1, -0.05) is 42.5 Å². The van der Waals surface area contributed by atoms with Crippen LogP contribution in [0.5, 0.6) is 0 Å². The molecule has 2 aromatic rings. The third kappa shape index (κ3) is 4.95. The Labute approximate surface area is 130 Å². The SMILES string of the molecule is COCCN(Cc1ccccc1)Cc1cccc([N+](=O)[O-])c1. The molecule has 0 unspecified atom stereocenters. The fourth-order valence-corrected chi connectivity index (χ4v) is 2.30. The van der Waals surface area contributed by atoms with Crippen LogP contribution >= 0.6 is 0 Å². The summed E-state index contributed by atoms with van der Waals surface area (Å²) < 4.78 is 5.16. The summed E-state index contributed by atoms with van der Waals surface area (Å²) in [5.41, 5.74) is 2.27. The van der Waals surface area contributed by atoms with Gasteiger partial charge in [0, 0.05) is 38.9 Å². The topological polar surface area (TPSA) is 55.6 Å². The Morgan fingerprint density at radius 1 is 1.05 bits per heavy atom. The molecule has 5 heteroatoms. The Hall–Kier alpha value is -2.24. The first kappa shape index (κ1) is 16.1. The Morgan fingerprint density at radius 3 is 2.41 bits per heavy atom. The van der Waals surface area contributed by atoms with E-state index in [1.165, 1.54) is 11.6 Å². The Balaban J connectivity index is 2.08. The molecule has 0 aliphatic carbocycles. The van der Waals surface area contributed by atoms with Gasteiger partial charge in [0.15, 0.2) is 0 Å². The molecule has 0 bridgehead atoms. The number of nitro benzene ring substituents is 1. The highest BCUT2D eigenvalue weighted by Crippen LogP contribution is 2.16. The molecule has 0 amide bonds. The van der Waals surface area contributed by atoms with Crippen LogP contribution < -0.4 is 0 Å². The summed E-state index contributed by atoms with van der Waals surface area (Å²) in [7, 11) is 1.67. The van der Waals surface area contributed by atoms with Gasteiger partial charge in [0.25, 0.3) is 5.69 Å². The third-order valence-corrected chi connectivity index (χ3v) is 3.39. The molecule has 0 N–H and O–H groups in total. The molecule has 0 aliphatic heterocycles. The second-order valence-corrected chi connectivity index (χ2v) is 5.12. The molecular weight excluding hydrogens is 280 g/mol. The maximum absolute atomic E-state index is 10.9. The average Bonchev–Trinajstić information content (AvgIpc) is 2.54. The highest BCUT2D eigenvalue weighted by Gasteiger charge is 2.10. The van der Waals surface area contributed by atoms with Crippen molar-refractivity contribution in [2.45, 2.75) is 13.1 Å². The molecule has 0 heterocycles. The highest BCUT2D eigenvalue weighted by molar-refractivity contribution is 5.34. The summed E-state index contributed by atoms with van der Waals surface area (Å²) in [6, 6.07) is 17.0. The largest absolute Gasteiger partial charge is 0.383 e. The Kier molecular flexibility index (Phi) is 6.06. The molecule has 0 atom stereocenters. The Morgan fingerprint density at radius 2 is 1.73 bits per heavy atom. The van der Waals surface area contributed by atoms with Gasteiger partial charge in [-0.15, -0.1) is 0 Å². The summed E-state index contributed by atoms with van der Waals surface area (Å²) in [5.74, 6) is 0. The van der Waals surface area contributed by atoms with Crippen LogP contribution in [0.3, 0.4) is 0 Å². The van der Waals surface area contributed by atoms with Crippen LogP contribution in [0.1, 0.15) is 11.1 Å². The van der Waals surface area contributed by atoms with Gasteiger partial charge in [-0.05, 0) is 11.1 Å². The number of nitro groups is 1. The summed E-state index contributed by atoms with van der Waals surface area (Å²) in [4.78, 5) is 12.7. The first-order chi connectivity index (χ1) is 10.7. The minimum Gasteiger partial charge on any atom is -0.383 e. The van der Waals surface area contributed by atoms with Crippen LogP contribution in [0.2, 0.25) is 0 Å². The number of methoxy groups -OCH3 is 1. The summed E-state index contributed by atoms with van der Waals surface area (Å²) in [5, 5.41) is 10.9. The van der Waals surface area contributed by atoms with Crippen LogP contribution in [0.25, 0.3) is 0 Å². The van der Waals surface area contributed by atoms with E-state index in [0.29, 0.717) is 13.2 Å². The van der Waals surface area contributed by atoms with Gasteiger partial charge >= 0.3 is 0 Å². The minimum atomic E-state index is -0.361. The second kappa shape index (κ2) is 8.26. The Bertz CT molecular complexity index is 602. The molecule has 0 saturated heterocycles. The molecule has 0 aliphatic rings. The molecule has 0 spiro atoms. The van der Waals surface area contributed by atoms with E-state index in [4.69, 9.17) is 4.74 Å². The molecular formula is C17H20N2O3. The second-order valence-electron chi connectivity index (χ2n) is 5.12. The molecule has 2 rings (SSSR count). The molecule has 0 saturated carbocycles. The van der Waals surface area contributed by atoms with Gasteiger partial charge in [-0.25, -0.2) is 0 Å².